The summed E-state index contributed by atoms with van der Waals surface area (Å²) in [6.45, 7) is 0. The zero-order valence-corrected chi connectivity index (χ0v) is 11.6. The summed E-state index contributed by atoms with van der Waals surface area (Å²) < 4.78 is 0. The van der Waals surface area contributed by atoms with Crippen LogP contribution < -0.4 is 10.6 Å². The lowest BCUT2D eigenvalue weighted by molar-refractivity contribution is -0.115. The van der Waals surface area contributed by atoms with Gasteiger partial charge in [-0.15, -0.1) is 11.8 Å². The van der Waals surface area contributed by atoms with Crippen molar-refractivity contribution in [1.82, 2.24) is 0 Å². The maximum Gasteiger partial charge on any atom is 0.237 e. The second-order valence-corrected chi connectivity index (χ2v) is 5.13. The number of nitrogens with zero attached hydrogens (tertiary/aromatic N) is 1. The van der Waals surface area contributed by atoms with Crippen molar-refractivity contribution in [3.05, 3.63) is 54.6 Å². The van der Waals surface area contributed by atoms with Crippen LogP contribution in [-0.2, 0) is 4.79 Å². The first-order valence-corrected chi connectivity index (χ1v) is 6.96. The number of anilines is 2. The van der Waals surface area contributed by atoms with Crippen LogP contribution in [0, 0.1) is 0 Å². The number of carbonyl (C=O) groups is 1. The van der Waals surface area contributed by atoms with Gasteiger partial charge in [0.05, 0.1) is 5.75 Å². The summed E-state index contributed by atoms with van der Waals surface area (Å²) in [7, 11) is 1.78. The fraction of sp³-hybridized carbons (Fsp3) is 0.133. The molecule has 0 radical (unpaired) electrons. The molecule has 2 N–H and O–H groups in total. The number of carbonyl (C=O) groups excluding carboxylic acids is 1. The van der Waals surface area contributed by atoms with Crippen molar-refractivity contribution >= 4 is 29.0 Å². The molecule has 0 aliphatic rings. The number of rotatable bonds is 4. The van der Waals surface area contributed by atoms with Gasteiger partial charge >= 0.3 is 0 Å². The molecule has 0 aliphatic carbocycles. The molecule has 0 fully saturated rings. The number of nitrogens with two attached hydrogens (primary N) is 1. The summed E-state index contributed by atoms with van der Waals surface area (Å²) in [5.74, 6) is 0.430. The summed E-state index contributed by atoms with van der Waals surface area (Å²) in [6.07, 6.45) is 0. The number of hydrogen-bond donors (Lipinski definition) is 1. The molecule has 98 valence electrons. The molecule has 1 amide bonds. The highest BCUT2D eigenvalue weighted by atomic mass is 32.2. The number of benzene rings is 2. The Morgan fingerprint density at radius 2 is 1.74 bits per heavy atom. The molecule has 0 aromatic heterocycles. The van der Waals surface area contributed by atoms with Crippen LogP contribution >= 0.6 is 11.8 Å². The van der Waals surface area contributed by atoms with Gasteiger partial charge in [0.1, 0.15) is 0 Å². The molecular formula is C15H16N2OS. The Bertz CT molecular complexity index is 557. The van der Waals surface area contributed by atoms with Crippen molar-refractivity contribution in [3.8, 4) is 0 Å². The van der Waals surface area contributed by atoms with Gasteiger partial charge in [-0.2, -0.15) is 0 Å². The SMILES string of the molecule is CN(C(=O)CSc1ccccc1N)c1ccccc1. The topological polar surface area (TPSA) is 46.3 Å². The Balaban J connectivity index is 1.97. The van der Waals surface area contributed by atoms with Crippen LogP contribution in [0.4, 0.5) is 11.4 Å². The number of thioether (sulfide) groups is 1. The second-order valence-electron chi connectivity index (χ2n) is 4.11. The van der Waals surface area contributed by atoms with E-state index in [0.717, 1.165) is 10.6 Å². The van der Waals surface area contributed by atoms with Gasteiger partial charge < -0.3 is 10.6 Å². The third-order valence-corrected chi connectivity index (χ3v) is 3.86. The smallest absolute Gasteiger partial charge is 0.237 e. The number of nitrogen functional groups attached to an aromatic ring is 1. The van der Waals surface area contributed by atoms with Crippen LogP contribution in [-0.4, -0.2) is 18.7 Å². The lowest BCUT2D eigenvalue weighted by Gasteiger charge is -2.17. The Morgan fingerprint density at radius 1 is 1.11 bits per heavy atom. The minimum absolute atomic E-state index is 0.0550. The van der Waals surface area contributed by atoms with Gasteiger partial charge in [0.2, 0.25) is 5.91 Å². The third kappa shape index (κ3) is 3.51. The van der Waals surface area contributed by atoms with Crippen molar-refractivity contribution in [1.29, 1.82) is 0 Å². The highest BCUT2D eigenvalue weighted by Crippen LogP contribution is 2.25. The highest BCUT2D eigenvalue weighted by molar-refractivity contribution is 8.00. The molecule has 0 heterocycles. The normalized spacial score (nSPS) is 10.2. The van der Waals surface area contributed by atoms with Gasteiger partial charge in [-0.3, -0.25) is 4.79 Å². The molecule has 0 aliphatic heterocycles. The third-order valence-electron chi connectivity index (χ3n) is 2.79. The highest BCUT2D eigenvalue weighted by Gasteiger charge is 2.11. The fourth-order valence-corrected chi connectivity index (χ4v) is 2.53. The molecule has 19 heavy (non-hydrogen) atoms. The van der Waals surface area contributed by atoms with Gasteiger partial charge in [-0.1, -0.05) is 30.3 Å². The minimum atomic E-state index is 0.0550. The Labute approximate surface area is 117 Å². The molecule has 2 aromatic rings. The van der Waals surface area contributed by atoms with Crippen molar-refractivity contribution in [2.45, 2.75) is 4.90 Å². The Morgan fingerprint density at radius 3 is 2.42 bits per heavy atom. The first-order chi connectivity index (χ1) is 9.18. The van der Waals surface area contributed by atoms with Crippen molar-refractivity contribution in [2.24, 2.45) is 0 Å². The number of para-hydroxylation sites is 2. The summed E-state index contributed by atoms with van der Waals surface area (Å²) in [6, 6.07) is 17.2. The first-order valence-electron chi connectivity index (χ1n) is 5.97. The lowest BCUT2D eigenvalue weighted by Crippen LogP contribution is -2.27. The fourth-order valence-electron chi connectivity index (χ4n) is 1.64. The molecule has 2 aromatic carbocycles. The molecule has 2 rings (SSSR count). The van der Waals surface area contributed by atoms with Crippen molar-refractivity contribution < 1.29 is 4.79 Å². The van der Waals surface area contributed by atoms with E-state index < -0.39 is 0 Å². The van der Waals surface area contributed by atoms with Crippen LogP contribution in [0.2, 0.25) is 0 Å². The predicted octanol–water partition coefficient (Wildman–Crippen LogP) is 3.02. The molecule has 0 saturated heterocycles. The van der Waals surface area contributed by atoms with Crippen LogP contribution in [0.3, 0.4) is 0 Å². The zero-order chi connectivity index (χ0) is 13.7. The summed E-state index contributed by atoms with van der Waals surface area (Å²) >= 11 is 1.46. The van der Waals surface area contributed by atoms with Crippen molar-refractivity contribution in [3.63, 3.8) is 0 Å². The maximum absolute atomic E-state index is 12.1. The maximum atomic E-state index is 12.1. The minimum Gasteiger partial charge on any atom is -0.398 e. The van der Waals surface area contributed by atoms with E-state index in [1.165, 1.54) is 11.8 Å². The predicted molar refractivity (Wildman–Crippen MR) is 81.4 cm³/mol. The largest absolute Gasteiger partial charge is 0.398 e. The summed E-state index contributed by atoms with van der Waals surface area (Å²) in [5.41, 5.74) is 7.46. The van der Waals surface area contributed by atoms with Crippen LogP contribution in [0.5, 0.6) is 0 Å². The second kappa shape index (κ2) is 6.29. The van der Waals surface area contributed by atoms with E-state index >= 15 is 0 Å². The number of amides is 1. The standard InChI is InChI=1S/C15H16N2OS/c1-17(12-7-3-2-4-8-12)15(18)11-19-14-10-6-5-9-13(14)16/h2-10H,11,16H2,1H3. The number of hydrogen-bond acceptors (Lipinski definition) is 3. The quantitative estimate of drug-likeness (QED) is 0.687. The Hall–Kier alpha value is -1.94. The van der Waals surface area contributed by atoms with Crippen LogP contribution in [0.15, 0.2) is 59.5 Å². The van der Waals surface area contributed by atoms with Gasteiger partial charge in [0.15, 0.2) is 0 Å². The molecule has 0 atom stereocenters. The lowest BCUT2D eigenvalue weighted by atomic mass is 10.3. The molecular weight excluding hydrogens is 256 g/mol. The van der Waals surface area contributed by atoms with Crippen LogP contribution in [0.25, 0.3) is 0 Å². The van der Waals surface area contributed by atoms with E-state index in [0.29, 0.717) is 11.4 Å². The summed E-state index contributed by atoms with van der Waals surface area (Å²) in [5, 5.41) is 0. The van der Waals surface area contributed by atoms with Gasteiger partial charge in [0.25, 0.3) is 0 Å². The van der Waals surface area contributed by atoms with Gasteiger partial charge in [0, 0.05) is 23.3 Å². The van der Waals surface area contributed by atoms with E-state index in [1.54, 1.807) is 11.9 Å². The molecule has 0 bridgehead atoms. The average molecular weight is 272 g/mol. The van der Waals surface area contributed by atoms with Gasteiger partial charge in [-0.25, -0.2) is 0 Å². The molecule has 0 saturated carbocycles. The van der Waals surface area contributed by atoms with E-state index in [2.05, 4.69) is 0 Å². The molecule has 0 unspecified atom stereocenters. The molecule has 4 heteroatoms. The van der Waals surface area contributed by atoms with E-state index in [1.807, 2.05) is 54.6 Å². The van der Waals surface area contributed by atoms with Crippen molar-refractivity contribution in [2.75, 3.05) is 23.4 Å². The van der Waals surface area contributed by atoms with Crippen LogP contribution in [0.1, 0.15) is 0 Å². The summed E-state index contributed by atoms with van der Waals surface area (Å²) in [4.78, 5) is 14.7. The zero-order valence-electron chi connectivity index (χ0n) is 10.7. The van der Waals surface area contributed by atoms with E-state index in [4.69, 9.17) is 5.73 Å². The molecule has 3 nitrogen and oxygen atoms in total. The molecule has 0 spiro atoms. The monoisotopic (exact) mass is 272 g/mol. The van der Waals surface area contributed by atoms with Gasteiger partial charge in [-0.05, 0) is 24.3 Å². The average Bonchev–Trinajstić information content (AvgIpc) is 2.46. The van der Waals surface area contributed by atoms with E-state index in [-0.39, 0.29) is 5.91 Å². The van der Waals surface area contributed by atoms with E-state index in [9.17, 15) is 4.79 Å². The first kappa shape index (κ1) is 13.5. The Kier molecular flexibility index (Phi) is 4.47.